The maximum Gasteiger partial charge on any atom is 0.166 e. The lowest BCUT2D eigenvalue weighted by atomic mass is 9.85. The van der Waals surface area contributed by atoms with Gasteiger partial charge in [0.25, 0.3) is 0 Å². The number of halogens is 1. The molecule has 0 atom stereocenters. The molecular weight excluding hydrogens is 335 g/mol. The summed E-state index contributed by atoms with van der Waals surface area (Å²) in [5, 5.41) is 0. The van der Waals surface area contributed by atoms with Gasteiger partial charge in [0, 0.05) is 11.1 Å². The Morgan fingerprint density at radius 3 is 2.22 bits per heavy atom. The van der Waals surface area contributed by atoms with E-state index in [9.17, 15) is 4.39 Å². The summed E-state index contributed by atoms with van der Waals surface area (Å²) in [6.45, 7) is 4.37. The molecule has 142 valence electrons. The minimum Gasteiger partial charge on any atom is -0.487 e. The molecule has 2 aromatic rings. The number of hydrogen-bond acceptors (Lipinski definition) is 1. The van der Waals surface area contributed by atoms with Crippen LogP contribution in [-0.4, -0.2) is 6.10 Å². The van der Waals surface area contributed by atoms with E-state index >= 15 is 0 Å². The third-order valence-electron chi connectivity index (χ3n) is 5.43. The number of hydrogen-bond donors (Lipinski definition) is 0. The van der Waals surface area contributed by atoms with Gasteiger partial charge in [-0.05, 0) is 73.9 Å². The van der Waals surface area contributed by atoms with Crippen molar-refractivity contribution < 1.29 is 9.13 Å². The Kier molecular flexibility index (Phi) is 6.93. The van der Waals surface area contributed by atoms with Crippen LogP contribution in [0.5, 0.6) is 5.75 Å². The van der Waals surface area contributed by atoms with Gasteiger partial charge in [-0.3, -0.25) is 0 Å². The molecule has 0 radical (unpaired) electrons. The molecule has 27 heavy (non-hydrogen) atoms. The van der Waals surface area contributed by atoms with Gasteiger partial charge < -0.3 is 4.74 Å². The lowest BCUT2D eigenvalue weighted by Gasteiger charge is -2.28. The maximum atomic E-state index is 14.4. The summed E-state index contributed by atoms with van der Waals surface area (Å²) in [4.78, 5) is 0. The van der Waals surface area contributed by atoms with Crippen LogP contribution in [0.1, 0.15) is 69.1 Å². The summed E-state index contributed by atoms with van der Waals surface area (Å²) in [6.07, 6.45) is 8.15. The molecule has 2 heteroatoms. The van der Waals surface area contributed by atoms with Crippen molar-refractivity contribution in [3.8, 4) is 17.6 Å². The zero-order valence-corrected chi connectivity index (χ0v) is 16.4. The lowest BCUT2D eigenvalue weighted by molar-refractivity contribution is 0.123. The van der Waals surface area contributed by atoms with Gasteiger partial charge in [0.05, 0.1) is 6.10 Å². The van der Waals surface area contributed by atoms with Gasteiger partial charge in [-0.15, -0.1) is 0 Å². The van der Waals surface area contributed by atoms with Gasteiger partial charge in [-0.2, -0.15) is 0 Å². The molecule has 1 saturated carbocycles. The van der Waals surface area contributed by atoms with E-state index in [0.29, 0.717) is 11.3 Å². The molecule has 1 aliphatic carbocycles. The standard InChI is InChI=1S/C25H29FO/c1-3-5-20-12-15-23(16-13-20)27-25-17-14-22(18-24(25)26)11-10-21-8-6-19(4-2)7-9-21/h6-9,14,17-18,20,23H,3-5,12-13,15-16H2,1-2H3. The molecular formula is C25H29FO. The second-order valence-corrected chi connectivity index (χ2v) is 7.49. The van der Waals surface area contributed by atoms with E-state index in [1.165, 1.54) is 37.3 Å². The van der Waals surface area contributed by atoms with E-state index in [0.717, 1.165) is 30.7 Å². The van der Waals surface area contributed by atoms with Crippen molar-refractivity contribution in [1.82, 2.24) is 0 Å². The number of benzene rings is 2. The lowest BCUT2D eigenvalue weighted by Crippen LogP contribution is -2.24. The molecule has 0 aliphatic heterocycles. The summed E-state index contributed by atoms with van der Waals surface area (Å²) in [6, 6.07) is 13.2. The predicted molar refractivity (Wildman–Crippen MR) is 109 cm³/mol. The minimum atomic E-state index is -0.321. The van der Waals surface area contributed by atoms with Gasteiger partial charge in [0.2, 0.25) is 0 Å². The molecule has 1 nitrogen and oxygen atoms in total. The fraction of sp³-hybridized carbons (Fsp3) is 0.440. The predicted octanol–water partition coefficient (Wildman–Crippen LogP) is 6.53. The summed E-state index contributed by atoms with van der Waals surface area (Å²) < 4.78 is 20.4. The van der Waals surface area contributed by atoms with E-state index in [-0.39, 0.29) is 11.9 Å². The van der Waals surface area contributed by atoms with E-state index in [1.807, 2.05) is 18.2 Å². The fourth-order valence-electron chi connectivity index (χ4n) is 3.77. The molecule has 3 rings (SSSR count). The molecule has 1 fully saturated rings. The van der Waals surface area contributed by atoms with Gasteiger partial charge in [0.1, 0.15) is 0 Å². The van der Waals surface area contributed by atoms with Gasteiger partial charge in [-0.1, -0.05) is 50.7 Å². The van der Waals surface area contributed by atoms with Crippen LogP contribution < -0.4 is 4.74 Å². The van der Waals surface area contributed by atoms with Crippen molar-refractivity contribution >= 4 is 0 Å². The Bertz CT molecular complexity index is 789. The zero-order valence-electron chi connectivity index (χ0n) is 16.4. The van der Waals surface area contributed by atoms with Crippen molar-refractivity contribution in [2.24, 2.45) is 5.92 Å². The van der Waals surface area contributed by atoms with Crippen LogP contribution >= 0.6 is 0 Å². The SMILES string of the molecule is CCCC1CCC(Oc2ccc(C#Cc3ccc(CC)cc3)cc2F)CC1. The van der Waals surface area contributed by atoms with Crippen LogP contribution in [0.2, 0.25) is 0 Å². The Labute approximate surface area is 163 Å². The largest absolute Gasteiger partial charge is 0.487 e. The first-order chi connectivity index (χ1) is 13.2. The number of aryl methyl sites for hydroxylation is 1. The van der Waals surface area contributed by atoms with Crippen LogP contribution in [0, 0.1) is 23.6 Å². The first-order valence-electron chi connectivity index (χ1n) is 10.2. The highest BCUT2D eigenvalue weighted by Gasteiger charge is 2.22. The van der Waals surface area contributed by atoms with E-state index in [2.05, 4.69) is 37.8 Å². The first kappa shape index (κ1) is 19.5. The zero-order chi connectivity index (χ0) is 19.1. The van der Waals surface area contributed by atoms with Crippen LogP contribution in [0.15, 0.2) is 42.5 Å². The third-order valence-corrected chi connectivity index (χ3v) is 5.43. The molecule has 0 N–H and O–H groups in total. The summed E-state index contributed by atoms with van der Waals surface area (Å²) >= 11 is 0. The molecule has 0 spiro atoms. The molecule has 2 aromatic carbocycles. The Morgan fingerprint density at radius 1 is 0.926 bits per heavy atom. The second kappa shape index (κ2) is 9.60. The molecule has 0 amide bonds. The molecule has 0 bridgehead atoms. The average molecular weight is 365 g/mol. The molecule has 0 heterocycles. The first-order valence-corrected chi connectivity index (χ1v) is 10.2. The Balaban J connectivity index is 1.60. The third kappa shape index (κ3) is 5.60. The minimum absolute atomic E-state index is 0.140. The maximum absolute atomic E-state index is 14.4. The van der Waals surface area contributed by atoms with Crippen LogP contribution in [0.3, 0.4) is 0 Å². The molecule has 0 aromatic heterocycles. The van der Waals surface area contributed by atoms with E-state index in [4.69, 9.17) is 4.74 Å². The van der Waals surface area contributed by atoms with Crippen molar-refractivity contribution in [1.29, 1.82) is 0 Å². The normalized spacial score (nSPS) is 19.2. The Morgan fingerprint density at radius 2 is 1.59 bits per heavy atom. The van der Waals surface area contributed by atoms with Gasteiger partial charge in [0.15, 0.2) is 11.6 Å². The number of ether oxygens (including phenoxy) is 1. The monoisotopic (exact) mass is 364 g/mol. The Hall–Kier alpha value is -2.27. The fourth-order valence-corrected chi connectivity index (χ4v) is 3.77. The van der Waals surface area contributed by atoms with Crippen molar-refractivity contribution in [3.63, 3.8) is 0 Å². The summed E-state index contributed by atoms with van der Waals surface area (Å²) in [5.41, 5.74) is 2.90. The highest BCUT2D eigenvalue weighted by atomic mass is 19.1. The second-order valence-electron chi connectivity index (χ2n) is 7.49. The number of rotatable bonds is 5. The molecule has 1 aliphatic rings. The molecule has 0 saturated heterocycles. The summed E-state index contributed by atoms with van der Waals surface area (Å²) in [5.74, 6) is 7.00. The highest BCUT2D eigenvalue weighted by Crippen LogP contribution is 2.31. The van der Waals surface area contributed by atoms with E-state index < -0.39 is 0 Å². The average Bonchev–Trinajstić information content (AvgIpc) is 2.70. The van der Waals surface area contributed by atoms with Crippen LogP contribution in [-0.2, 0) is 6.42 Å². The smallest absolute Gasteiger partial charge is 0.166 e. The quantitative estimate of drug-likeness (QED) is 0.548. The molecule has 0 unspecified atom stereocenters. The topological polar surface area (TPSA) is 9.23 Å². The summed E-state index contributed by atoms with van der Waals surface area (Å²) in [7, 11) is 0. The highest BCUT2D eigenvalue weighted by molar-refractivity contribution is 5.45. The van der Waals surface area contributed by atoms with Gasteiger partial charge in [-0.25, -0.2) is 4.39 Å². The van der Waals surface area contributed by atoms with Crippen LogP contribution in [0.25, 0.3) is 0 Å². The van der Waals surface area contributed by atoms with Crippen molar-refractivity contribution in [2.45, 2.75) is 64.9 Å². The van der Waals surface area contributed by atoms with E-state index in [1.54, 1.807) is 6.07 Å². The van der Waals surface area contributed by atoms with Gasteiger partial charge >= 0.3 is 0 Å². The van der Waals surface area contributed by atoms with Crippen molar-refractivity contribution in [3.05, 3.63) is 65.0 Å². The van der Waals surface area contributed by atoms with Crippen LogP contribution in [0.4, 0.5) is 4.39 Å². The van der Waals surface area contributed by atoms with Crippen molar-refractivity contribution in [2.75, 3.05) is 0 Å².